The molecule has 1 aliphatic heterocycles. The lowest BCUT2D eigenvalue weighted by Crippen LogP contribution is -2.51. The molecule has 0 saturated carbocycles. The second kappa shape index (κ2) is 9.82. The summed E-state index contributed by atoms with van der Waals surface area (Å²) < 4.78 is 31.9. The molecule has 0 aromatic heterocycles. The van der Waals surface area contributed by atoms with Crippen molar-refractivity contribution in [3.63, 3.8) is 0 Å². The first-order valence-electron chi connectivity index (χ1n) is 9.16. The van der Waals surface area contributed by atoms with Crippen LogP contribution in [0.1, 0.15) is 10.4 Å². The van der Waals surface area contributed by atoms with E-state index in [4.69, 9.17) is 16.3 Å². The lowest BCUT2D eigenvalue weighted by atomic mass is 10.2. The van der Waals surface area contributed by atoms with E-state index in [1.807, 2.05) is 18.4 Å². The van der Waals surface area contributed by atoms with Gasteiger partial charge in [-0.25, -0.2) is 13.2 Å². The third-order valence-corrected chi connectivity index (χ3v) is 7.66. The van der Waals surface area contributed by atoms with Crippen molar-refractivity contribution in [2.45, 2.75) is 9.79 Å². The minimum atomic E-state index is -3.65. The van der Waals surface area contributed by atoms with E-state index in [2.05, 4.69) is 0 Å². The predicted molar refractivity (Wildman–Crippen MR) is 115 cm³/mol. The fraction of sp³-hybridized carbons (Fsp3) is 0.300. The van der Waals surface area contributed by atoms with Crippen molar-refractivity contribution < 1.29 is 22.7 Å². The zero-order chi connectivity index (χ0) is 21.7. The van der Waals surface area contributed by atoms with Crippen LogP contribution >= 0.6 is 23.4 Å². The molecule has 0 spiro atoms. The van der Waals surface area contributed by atoms with Crippen molar-refractivity contribution in [2.75, 3.05) is 39.0 Å². The van der Waals surface area contributed by atoms with Gasteiger partial charge in [0.15, 0.2) is 6.61 Å². The van der Waals surface area contributed by atoms with Crippen LogP contribution in [0.4, 0.5) is 0 Å². The van der Waals surface area contributed by atoms with E-state index in [-0.39, 0.29) is 43.6 Å². The summed E-state index contributed by atoms with van der Waals surface area (Å²) in [5, 5.41) is 0.457. The molecule has 30 heavy (non-hydrogen) atoms. The molecule has 1 aliphatic rings. The van der Waals surface area contributed by atoms with Gasteiger partial charge in [0, 0.05) is 36.1 Å². The summed E-state index contributed by atoms with van der Waals surface area (Å²) in [6, 6.07) is 13.0. The maximum Gasteiger partial charge on any atom is 0.339 e. The highest BCUT2D eigenvalue weighted by Crippen LogP contribution is 2.21. The van der Waals surface area contributed by atoms with E-state index in [1.54, 1.807) is 12.1 Å². The zero-order valence-electron chi connectivity index (χ0n) is 16.3. The van der Waals surface area contributed by atoms with Crippen LogP contribution in [0, 0.1) is 0 Å². The number of esters is 1. The van der Waals surface area contributed by atoms with Gasteiger partial charge in [-0.15, -0.1) is 11.8 Å². The Morgan fingerprint density at radius 2 is 1.67 bits per heavy atom. The first kappa shape index (κ1) is 22.6. The molecular formula is C20H21ClN2O5S2. The monoisotopic (exact) mass is 468 g/mol. The maximum absolute atomic E-state index is 12.7. The molecule has 2 aromatic carbocycles. The average molecular weight is 469 g/mol. The molecule has 0 bridgehead atoms. The molecule has 1 fully saturated rings. The number of ether oxygens (including phenoxy) is 1. The van der Waals surface area contributed by atoms with E-state index < -0.39 is 16.0 Å². The Morgan fingerprint density at radius 1 is 1.03 bits per heavy atom. The number of halogens is 1. The fourth-order valence-electron chi connectivity index (χ4n) is 3.04. The smallest absolute Gasteiger partial charge is 0.339 e. The highest BCUT2D eigenvalue weighted by Gasteiger charge is 2.30. The first-order chi connectivity index (χ1) is 14.3. The Kier molecular flexibility index (Phi) is 7.41. The van der Waals surface area contributed by atoms with Gasteiger partial charge in [-0.3, -0.25) is 4.79 Å². The molecule has 0 N–H and O–H groups in total. The molecule has 7 nitrogen and oxygen atoms in total. The van der Waals surface area contributed by atoms with Crippen molar-refractivity contribution in [2.24, 2.45) is 0 Å². The summed E-state index contributed by atoms with van der Waals surface area (Å²) in [5.41, 5.74) is 0.414. The van der Waals surface area contributed by atoms with E-state index >= 15 is 0 Å². The number of thioether (sulfide) groups is 1. The van der Waals surface area contributed by atoms with E-state index in [1.165, 1.54) is 45.2 Å². The van der Waals surface area contributed by atoms with Crippen LogP contribution in [-0.4, -0.2) is 68.5 Å². The van der Waals surface area contributed by atoms with Gasteiger partial charge >= 0.3 is 5.97 Å². The van der Waals surface area contributed by atoms with E-state index in [9.17, 15) is 18.0 Å². The van der Waals surface area contributed by atoms with Gasteiger partial charge in [0.2, 0.25) is 10.0 Å². The quantitative estimate of drug-likeness (QED) is 0.479. The molecular weight excluding hydrogens is 448 g/mol. The van der Waals surface area contributed by atoms with Crippen molar-refractivity contribution in [1.82, 2.24) is 9.21 Å². The van der Waals surface area contributed by atoms with Gasteiger partial charge in [-0.1, -0.05) is 23.7 Å². The molecule has 10 heteroatoms. The standard InChI is InChI=1S/C20H21ClN2O5S2/c1-29-18-5-3-2-4-17(18)20(25)28-14-19(24)22-10-12-23(13-11-22)30(26,27)16-8-6-15(21)7-9-16/h2-9H,10-14H2,1H3. The minimum Gasteiger partial charge on any atom is -0.452 e. The molecule has 0 unspecified atom stereocenters. The number of carbonyl (C=O) groups excluding carboxylic acids is 2. The van der Waals surface area contributed by atoms with Crippen molar-refractivity contribution in [3.05, 3.63) is 59.1 Å². The van der Waals surface area contributed by atoms with Crippen LogP contribution in [0.5, 0.6) is 0 Å². The Balaban J connectivity index is 1.54. The van der Waals surface area contributed by atoms with Crippen LogP contribution in [0.15, 0.2) is 58.3 Å². The second-order valence-electron chi connectivity index (χ2n) is 6.52. The van der Waals surface area contributed by atoms with E-state index in [0.717, 1.165) is 4.90 Å². The number of nitrogens with zero attached hydrogens (tertiary/aromatic N) is 2. The molecule has 160 valence electrons. The maximum atomic E-state index is 12.7. The normalized spacial score (nSPS) is 15.1. The summed E-state index contributed by atoms with van der Waals surface area (Å²) in [7, 11) is -3.65. The van der Waals surface area contributed by atoms with Crippen LogP contribution in [0.25, 0.3) is 0 Å². The third-order valence-electron chi connectivity index (χ3n) is 4.70. The van der Waals surface area contributed by atoms with Gasteiger partial charge < -0.3 is 9.64 Å². The lowest BCUT2D eigenvalue weighted by Gasteiger charge is -2.33. The Morgan fingerprint density at radius 3 is 2.30 bits per heavy atom. The Bertz CT molecular complexity index is 1020. The van der Waals surface area contributed by atoms with Crippen LogP contribution in [-0.2, 0) is 19.6 Å². The summed E-state index contributed by atoms with van der Waals surface area (Å²) >= 11 is 7.24. The minimum absolute atomic E-state index is 0.160. The molecule has 1 saturated heterocycles. The molecule has 0 atom stereocenters. The van der Waals surface area contributed by atoms with E-state index in [0.29, 0.717) is 10.6 Å². The number of sulfonamides is 1. The van der Waals surface area contributed by atoms with Gasteiger partial charge in [0.25, 0.3) is 5.91 Å². The van der Waals surface area contributed by atoms with Crippen molar-refractivity contribution in [3.8, 4) is 0 Å². The molecule has 3 rings (SSSR count). The summed E-state index contributed by atoms with van der Waals surface area (Å²) in [5.74, 6) is -0.911. The number of amides is 1. The van der Waals surface area contributed by atoms with Crippen LogP contribution in [0.3, 0.4) is 0 Å². The average Bonchev–Trinajstić information content (AvgIpc) is 2.77. The highest BCUT2D eigenvalue weighted by molar-refractivity contribution is 7.98. The predicted octanol–water partition coefficient (Wildman–Crippen LogP) is 2.75. The van der Waals surface area contributed by atoms with Gasteiger partial charge in [-0.05, 0) is 42.7 Å². The summed E-state index contributed by atoms with van der Waals surface area (Å²) in [4.78, 5) is 27.1. The number of benzene rings is 2. The SMILES string of the molecule is CSc1ccccc1C(=O)OCC(=O)N1CCN(S(=O)(=O)c2ccc(Cl)cc2)CC1. The van der Waals surface area contributed by atoms with Crippen molar-refractivity contribution in [1.29, 1.82) is 0 Å². The molecule has 1 heterocycles. The topological polar surface area (TPSA) is 84.0 Å². The number of carbonyl (C=O) groups is 2. The largest absolute Gasteiger partial charge is 0.452 e. The lowest BCUT2D eigenvalue weighted by molar-refractivity contribution is -0.135. The Labute approximate surface area is 185 Å². The number of rotatable bonds is 6. The molecule has 2 aromatic rings. The van der Waals surface area contributed by atoms with Crippen LogP contribution < -0.4 is 0 Å². The fourth-order valence-corrected chi connectivity index (χ4v) is 5.18. The first-order valence-corrected chi connectivity index (χ1v) is 12.2. The van der Waals surface area contributed by atoms with Crippen LogP contribution in [0.2, 0.25) is 5.02 Å². The number of hydrogen-bond donors (Lipinski definition) is 0. The number of piperazine rings is 1. The zero-order valence-corrected chi connectivity index (χ0v) is 18.7. The third kappa shape index (κ3) is 5.15. The number of hydrogen-bond acceptors (Lipinski definition) is 6. The summed E-state index contributed by atoms with van der Waals surface area (Å²) in [6.07, 6.45) is 1.86. The molecule has 0 radical (unpaired) electrons. The van der Waals surface area contributed by atoms with Gasteiger partial charge in [-0.2, -0.15) is 4.31 Å². The van der Waals surface area contributed by atoms with Crippen molar-refractivity contribution >= 4 is 45.3 Å². The van der Waals surface area contributed by atoms with Gasteiger partial charge in [0.1, 0.15) is 0 Å². The Hall–Kier alpha value is -2.07. The molecule has 0 aliphatic carbocycles. The van der Waals surface area contributed by atoms with Gasteiger partial charge in [0.05, 0.1) is 10.5 Å². The molecule has 1 amide bonds. The second-order valence-corrected chi connectivity index (χ2v) is 9.74. The summed E-state index contributed by atoms with van der Waals surface area (Å²) in [6.45, 7) is 0.403. The highest BCUT2D eigenvalue weighted by atomic mass is 35.5.